The number of carbonyl (C=O) groups excluding carboxylic acids is 1. The van der Waals surface area contributed by atoms with Crippen molar-refractivity contribution >= 4 is 11.6 Å². The maximum absolute atomic E-state index is 13.0. The number of aliphatic hydroxyl groups excluding tert-OH is 1. The third-order valence-electron chi connectivity index (χ3n) is 5.05. The van der Waals surface area contributed by atoms with E-state index in [1.807, 2.05) is 4.90 Å². The molecule has 1 aromatic carbocycles. The van der Waals surface area contributed by atoms with Gasteiger partial charge in [0.2, 0.25) is 5.91 Å². The molecule has 0 unspecified atom stereocenters. The third kappa shape index (κ3) is 4.02. The molecule has 1 aromatic rings. The van der Waals surface area contributed by atoms with Gasteiger partial charge in [-0.15, -0.1) is 0 Å². The van der Waals surface area contributed by atoms with Crippen LogP contribution in [-0.2, 0) is 4.79 Å². The van der Waals surface area contributed by atoms with E-state index in [-0.39, 0.29) is 23.7 Å². The molecule has 0 radical (unpaired) electrons. The molecule has 5 heteroatoms. The fourth-order valence-corrected chi connectivity index (χ4v) is 3.63. The van der Waals surface area contributed by atoms with Gasteiger partial charge in [0.15, 0.2) is 0 Å². The third-order valence-corrected chi connectivity index (χ3v) is 5.05. The SMILES string of the molecule is O=C(C1CCC(O)CC1)N1CCCN(c2ccc(F)cc2)CC1. The second-order valence-corrected chi connectivity index (χ2v) is 6.65. The van der Waals surface area contributed by atoms with Crippen molar-refractivity contribution in [3.63, 3.8) is 0 Å². The first-order chi connectivity index (χ1) is 11.1. The predicted molar refractivity (Wildman–Crippen MR) is 87.8 cm³/mol. The number of nitrogens with zero attached hydrogens (tertiary/aromatic N) is 2. The van der Waals surface area contributed by atoms with E-state index in [0.717, 1.165) is 64.0 Å². The van der Waals surface area contributed by atoms with E-state index < -0.39 is 0 Å². The van der Waals surface area contributed by atoms with Crippen molar-refractivity contribution in [2.75, 3.05) is 31.1 Å². The van der Waals surface area contributed by atoms with Crippen molar-refractivity contribution in [3.05, 3.63) is 30.1 Å². The summed E-state index contributed by atoms with van der Waals surface area (Å²) in [4.78, 5) is 16.9. The number of hydrogen-bond acceptors (Lipinski definition) is 3. The number of hydrogen-bond donors (Lipinski definition) is 1. The van der Waals surface area contributed by atoms with Gasteiger partial charge in [-0.3, -0.25) is 4.79 Å². The number of aliphatic hydroxyl groups is 1. The molecule has 1 aliphatic heterocycles. The summed E-state index contributed by atoms with van der Waals surface area (Å²) in [6, 6.07) is 6.57. The Morgan fingerprint density at radius 2 is 1.70 bits per heavy atom. The molecule has 0 aromatic heterocycles. The minimum atomic E-state index is -0.225. The number of benzene rings is 1. The van der Waals surface area contributed by atoms with Gasteiger partial charge in [0.1, 0.15) is 5.82 Å². The second kappa shape index (κ2) is 7.30. The minimum Gasteiger partial charge on any atom is -0.393 e. The molecule has 1 aliphatic carbocycles. The minimum absolute atomic E-state index is 0.0794. The molecule has 1 saturated heterocycles. The van der Waals surface area contributed by atoms with E-state index >= 15 is 0 Å². The Balaban J connectivity index is 1.57. The highest BCUT2D eigenvalue weighted by molar-refractivity contribution is 5.79. The quantitative estimate of drug-likeness (QED) is 0.910. The van der Waals surface area contributed by atoms with Gasteiger partial charge in [0.25, 0.3) is 0 Å². The first-order valence-electron chi connectivity index (χ1n) is 8.61. The lowest BCUT2D eigenvalue weighted by molar-refractivity contribution is -0.137. The number of anilines is 1. The standard InChI is InChI=1S/C18H25FN2O2/c19-15-4-6-16(7-5-15)20-10-1-11-21(13-12-20)18(23)14-2-8-17(22)9-3-14/h4-7,14,17,22H,1-3,8-13H2. The molecule has 1 amide bonds. The van der Waals surface area contributed by atoms with Crippen LogP contribution in [0.3, 0.4) is 0 Å². The maximum Gasteiger partial charge on any atom is 0.225 e. The lowest BCUT2D eigenvalue weighted by Gasteiger charge is -2.30. The van der Waals surface area contributed by atoms with Crippen LogP contribution in [0.1, 0.15) is 32.1 Å². The van der Waals surface area contributed by atoms with Crippen molar-refractivity contribution in [2.24, 2.45) is 5.92 Å². The molecule has 0 atom stereocenters. The van der Waals surface area contributed by atoms with Gasteiger partial charge in [-0.1, -0.05) is 0 Å². The van der Waals surface area contributed by atoms with Crippen LogP contribution in [0, 0.1) is 11.7 Å². The molecular weight excluding hydrogens is 295 g/mol. The van der Waals surface area contributed by atoms with Crippen LogP contribution in [0.2, 0.25) is 0 Å². The van der Waals surface area contributed by atoms with Crippen LogP contribution in [0.25, 0.3) is 0 Å². The Morgan fingerprint density at radius 1 is 1.00 bits per heavy atom. The average molecular weight is 320 g/mol. The van der Waals surface area contributed by atoms with Crippen molar-refractivity contribution in [2.45, 2.75) is 38.2 Å². The number of halogens is 1. The highest BCUT2D eigenvalue weighted by atomic mass is 19.1. The molecular formula is C18H25FN2O2. The van der Waals surface area contributed by atoms with E-state index in [0.29, 0.717) is 0 Å². The number of carbonyl (C=O) groups is 1. The Kier molecular flexibility index (Phi) is 5.16. The van der Waals surface area contributed by atoms with Gasteiger partial charge < -0.3 is 14.9 Å². The lowest BCUT2D eigenvalue weighted by Crippen LogP contribution is -2.40. The first-order valence-corrected chi connectivity index (χ1v) is 8.61. The van der Waals surface area contributed by atoms with Gasteiger partial charge in [0.05, 0.1) is 6.10 Å². The summed E-state index contributed by atoms with van der Waals surface area (Å²) in [7, 11) is 0. The largest absolute Gasteiger partial charge is 0.393 e. The summed E-state index contributed by atoms with van der Waals surface area (Å²) in [5.74, 6) is 0.105. The number of rotatable bonds is 2. The lowest BCUT2D eigenvalue weighted by atomic mass is 9.86. The topological polar surface area (TPSA) is 43.8 Å². The second-order valence-electron chi connectivity index (χ2n) is 6.65. The Labute approximate surface area is 136 Å². The molecule has 1 N–H and O–H groups in total. The molecule has 126 valence electrons. The molecule has 2 fully saturated rings. The first kappa shape index (κ1) is 16.2. The van der Waals surface area contributed by atoms with E-state index in [2.05, 4.69) is 4.90 Å². The maximum atomic E-state index is 13.0. The van der Waals surface area contributed by atoms with Crippen LogP contribution in [0.4, 0.5) is 10.1 Å². The van der Waals surface area contributed by atoms with Gasteiger partial charge >= 0.3 is 0 Å². The zero-order valence-electron chi connectivity index (χ0n) is 13.5. The zero-order chi connectivity index (χ0) is 16.2. The van der Waals surface area contributed by atoms with Gasteiger partial charge in [-0.05, 0) is 56.4 Å². The normalized spacial score (nSPS) is 26.0. The van der Waals surface area contributed by atoms with Crippen LogP contribution < -0.4 is 4.90 Å². The monoisotopic (exact) mass is 320 g/mol. The van der Waals surface area contributed by atoms with E-state index in [1.165, 1.54) is 12.1 Å². The summed E-state index contributed by atoms with van der Waals surface area (Å²) >= 11 is 0. The van der Waals surface area contributed by atoms with E-state index in [9.17, 15) is 14.3 Å². The zero-order valence-corrected chi connectivity index (χ0v) is 13.5. The predicted octanol–water partition coefficient (Wildman–Crippen LogP) is 2.42. The molecule has 0 spiro atoms. The van der Waals surface area contributed by atoms with E-state index in [1.54, 1.807) is 12.1 Å². The molecule has 4 nitrogen and oxygen atoms in total. The fraction of sp³-hybridized carbons (Fsp3) is 0.611. The molecule has 3 rings (SSSR count). The molecule has 23 heavy (non-hydrogen) atoms. The number of amides is 1. The Hall–Kier alpha value is -1.62. The van der Waals surface area contributed by atoms with Crippen molar-refractivity contribution in [1.82, 2.24) is 4.90 Å². The summed E-state index contributed by atoms with van der Waals surface area (Å²) in [5.41, 5.74) is 1.02. The molecule has 2 aliphatic rings. The highest BCUT2D eigenvalue weighted by Crippen LogP contribution is 2.26. The van der Waals surface area contributed by atoms with Gasteiger partial charge in [-0.2, -0.15) is 0 Å². The summed E-state index contributed by atoms with van der Waals surface area (Å²) < 4.78 is 13.0. The van der Waals surface area contributed by atoms with Gasteiger partial charge in [0, 0.05) is 37.8 Å². The fourth-order valence-electron chi connectivity index (χ4n) is 3.63. The molecule has 1 heterocycles. The van der Waals surface area contributed by atoms with Crippen LogP contribution in [0.15, 0.2) is 24.3 Å². The van der Waals surface area contributed by atoms with Crippen molar-refractivity contribution < 1.29 is 14.3 Å². The van der Waals surface area contributed by atoms with Crippen LogP contribution >= 0.6 is 0 Å². The van der Waals surface area contributed by atoms with Gasteiger partial charge in [-0.25, -0.2) is 4.39 Å². The van der Waals surface area contributed by atoms with Crippen molar-refractivity contribution in [3.8, 4) is 0 Å². The van der Waals surface area contributed by atoms with Crippen LogP contribution in [0.5, 0.6) is 0 Å². The van der Waals surface area contributed by atoms with Crippen molar-refractivity contribution in [1.29, 1.82) is 0 Å². The van der Waals surface area contributed by atoms with Crippen LogP contribution in [-0.4, -0.2) is 48.2 Å². The Morgan fingerprint density at radius 3 is 2.39 bits per heavy atom. The van der Waals surface area contributed by atoms with E-state index in [4.69, 9.17) is 0 Å². The smallest absolute Gasteiger partial charge is 0.225 e. The molecule has 0 bridgehead atoms. The Bertz CT molecular complexity index is 526. The highest BCUT2D eigenvalue weighted by Gasteiger charge is 2.29. The summed E-state index contributed by atoms with van der Waals surface area (Å²) in [6.07, 6.45) is 3.80. The summed E-state index contributed by atoms with van der Waals surface area (Å²) in [6.45, 7) is 3.18. The molecule has 1 saturated carbocycles. The average Bonchev–Trinajstić information content (AvgIpc) is 2.82. The summed E-state index contributed by atoms with van der Waals surface area (Å²) in [5, 5.41) is 9.59.